The molecule has 144 valence electrons. The molecule has 1 fully saturated rings. The van der Waals surface area contributed by atoms with Crippen molar-refractivity contribution in [2.45, 2.75) is 37.9 Å². The Labute approximate surface area is 166 Å². The number of nitrogens with zero attached hydrogens (tertiary/aromatic N) is 4. The predicted molar refractivity (Wildman–Crippen MR) is 110 cm³/mol. The van der Waals surface area contributed by atoms with Crippen molar-refractivity contribution in [3.63, 3.8) is 0 Å². The summed E-state index contributed by atoms with van der Waals surface area (Å²) < 4.78 is 0. The standard InChI is InChI=1S/C21H28N4OS/c1-15-18(16(2)23-21(22-15)27-4)10-11-20(26)25-13-12-24(3)14-19(25)17-8-6-5-7-9-17/h5-9,19H,10-14H2,1-4H3. The third kappa shape index (κ3) is 4.68. The van der Waals surface area contributed by atoms with E-state index in [9.17, 15) is 4.79 Å². The van der Waals surface area contributed by atoms with Gasteiger partial charge in [-0.2, -0.15) is 0 Å². The Morgan fingerprint density at radius 2 is 1.81 bits per heavy atom. The molecule has 27 heavy (non-hydrogen) atoms. The molecule has 1 aliphatic rings. The van der Waals surface area contributed by atoms with Crippen LogP contribution in [0.3, 0.4) is 0 Å². The number of carbonyl (C=O) groups excluding carboxylic acids is 1. The number of amides is 1. The van der Waals surface area contributed by atoms with Crippen LogP contribution >= 0.6 is 11.8 Å². The molecular formula is C21H28N4OS. The van der Waals surface area contributed by atoms with Gasteiger partial charge in [-0.05, 0) is 44.7 Å². The molecule has 6 heteroatoms. The summed E-state index contributed by atoms with van der Waals surface area (Å²) >= 11 is 1.55. The van der Waals surface area contributed by atoms with Crippen molar-refractivity contribution in [3.8, 4) is 0 Å². The highest BCUT2D eigenvalue weighted by molar-refractivity contribution is 7.98. The molecule has 1 aromatic heterocycles. The Morgan fingerprint density at radius 1 is 1.15 bits per heavy atom. The summed E-state index contributed by atoms with van der Waals surface area (Å²) in [5.74, 6) is 0.213. The fraction of sp³-hybridized carbons (Fsp3) is 0.476. The van der Waals surface area contributed by atoms with Crippen LogP contribution in [0.1, 0.15) is 35.0 Å². The summed E-state index contributed by atoms with van der Waals surface area (Å²) in [6.07, 6.45) is 3.17. The lowest BCUT2D eigenvalue weighted by Gasteiger charge is -2.40. The number of hydrogen-bond acceptors (Lipinski definition) is 5. The molecule has 0 radical (unpaired) electrons. The van der Waals surface area contributed by atoms with Crippen LogP contribution in [0, 0.1) is 13.8 Å². The average molecular weight is 385 g/mol. The van der Waals surface area contributed by atoms with Gasteiger partial charge in [-0.1, -0.05) is 42.1 Å². The van der Waals surface area contributed by atoms with Crippen LogP contribution in [0.4, 0.5) is 0 Å². The summed E-state index contributed by atoms with van der Waals surface area (Å²) in [4.78, 5) is 26.5. The van der Waals surface area contributed by atoms with Crippen LogP contribution in [0.25, 0.3) is 0 Å². The number of aromatic nitrogens is 2. The van der Waals surface area contributed by atoms with Gasteiger partial charge < -0.3 is 9.80 Å². The molecular weight excluding hydrogens is 356 g/mol. The van der Waals surface area contributed by atoms with E-state index in [-0.39, 0.29) is 11.9 Å². The van der Waals surface area contributed by atoms with Gasteiger partial charge in [0.2, 0.25) is 5.91 Å². The molecule has 2 aromatic rings. The average Bonchev–Trinajstić information content (AvgIpc) is 2.67. The van der Waals surface area contributed by atoms with E-state index in [1.165, 1.54) is 5.56 Å². The molecule has 1 saturated heterocycles. The SMILES string of the molecule is CSc1nc(C)c(CCC(=O)N2CCN(C)CC2c2ccccc2)c(C)n1. The van der Waals surface area contributed by atoms with Gasteiger partial charge in [0.15, 0.2) is 5.16 Å². The fourth-order valence-electron chi connectivity index (χ4n) is 3.72. The second-order valence-electron chi connectivity index (χ2n) is 7.14. The van der Waals surface area contributed by atoms with Gasteiger partial charge in [0.25, 0.3) is 0 Å². The first-order valence-corrected chi connectivity index (χ1v) is 10.6. The minimum absolute atomic E-state index is 0.120. The number of hydrogen-bond donors (Lipinski definition) is 0. The Hall–Kier alpha value is -1.92. The number of aryl methyl sites for hydroxylation is 2. The van der Waals surface area contributed by atoms with E-state index in [0.29, 0.717) is 12.8 Å². The zero-order valence-electron chi connectivity index (χ0n) is 16.6. The lowest BCUT2D eigenvalue weighted by Crippen LogP contribution is -2.49. The summed E-state index contributed by atoms with van der Waals surface area (Å²) in [5.41, 5.74) is 4.28. The van der Waals surface area contributed by atoms with E-state index in [0.717, 1.165) is 41.7 Å². The van der Waals surface area contributed by atoms with E-state index in [4.69, 9.17) is 0 Å². The molecule has 5 nitrogen and oxygen atoms in total. The molecule has 0 aliphatic carbocycles. The van der Waals surface area contributed by atoms with Crippen molar-refractivity contribution < 1.29 is 4.79 Å². The van der Waals surface area contributed by atoms with Gasteiger partial charge in [-0.25, -0.2) is 9.97 Å². The van der Waals surface area contributed by atoms with Crippen molar-refractivity contribution in [2.24, 2.45) is 0 Å². The van der Waals surface area contributed by atoms with Crippen molar-refractivity contribution in [2.75, 3.05) is 32.9 Å². The highest BCUT2D eigenvalue weighted by Gasteiger charge is 2.30. The van der Waals surface area contributed by atoms with Crippen molar-refractivity contribution in [3.05, 3.63) is 52.8 Å². The van der Waals surface area contributed by atoms with Crippen LogP contribution in [0.15, 0.2) is 35.5 Å². The lowest BCUT2D eigenvalue weighted by atomic mass is 10.0. The molecule has 0 saturated carbocycles. The van der Waals surface area contributed by atoms with Gasteiger partial charge >= 0.3 is 0 Å². The van der Waals surface area contributed by atoms with Crippen LogP contribution in [0.5, 0.6) is 0 Å². The summed E-state index contributed by atoms with van der Waals surface area (Å²) in [7, 11) is 2.12. The molecule has 1 unspecified atom stereocenters. The molecule has 1 aromatic carbocycles. The number of likely N-dealkylation sites (N-methyl/N-ethyl adjacent to an activating group) is 1. The number of carbonyl (C=O) groups is 1. The predicted octanol–water partition coefficient (Wildman–Crippen LogP) is 3.26. The number of thioether (sulfide) groups is 1. The number of rotatable bonds is 5. The molecule has 1 aliphatic heterocycles. The summed E-state index contributed by atoms with van der Waals surface area (Å²) in [6.45, 7) is 6.58. The minimum atomic E-state index is 0.120. The number of benzene rings is 1. The molecule has 0 spiro atoms. The van der Waals surface area contributed by atoms with Gasteiger partial charge in [0.1, 0.15) is 0 Å². The van der Waals surface area contributed by atoms with Gasteiger partial charge in [-0.15, -0.1) is 0 Å². The Balaban J connectivity index is 1.73. The Morgan fingerprint density at radius 3 is 2.44 bits per heavy atom. The molecule has 2 heterocycles. The van der Waals surface area contributed by atoms with E-state index in [2.05, 4.69) is 38.9 Å². The first-order chi connectivity index (χ1) is 13.0. The Bertz CT molecular complexity index is 773. The highest BCUT2D eigenvalue weighted by atomic mass is 32.2. The van der Waals surface area contributed by atoms with Crippen LogP contribution in [-0.4, -0.2) is 58.6 Å². The number of piperazine rings is 1. The zero-order chi connectivity index (χ0) is 19.4. The topological polar surface area (TPSA) is 49.3 Å². The van der Waals surface area contributed by atoms with E-state index in [1.807, 2.05) is 38.3 Å². The maximum Gasteiger partial charge on any atom is 0.223 e. The van der Waals surface area contributed by atoms with Crippen molar-refractivity contribution >= 4 is 17.7 Å². The second kappa shape index (κ2) is 8.85. The smallest absolute Gasteiger partial charge is 0.223 e. The summed E-state index contributed by atoms with van der Waals surface area (Å²) in [6, 6.07) is 10.5. The first kappa shape index (κ1) is 19.8. The second-order valence-corrected chi connectivity index (χ2v) is 7.91. The van der Waals surface area contributed by atoms with E-state index >= 15 is 0 Å². The van der Waals surface area contributed by atoms with Gasteiger partial charge in [0, 0.05) is 37.4 Å². The van der Waals surface area contributed by atoms with E-state index in [1.54, 1.807) is 11.8 Å². The maximum atomic E-state index is 13.1. The lowest BCUT2D eigenvalue weighted by molar-refractivity contribution is -0.136. The largest absolute Gasteiger partial charge is 0.333 e. The van der Waals surface area contributed by atoms with E-state index < -0.39 is 0 Å². The highest BCUT2D eigenvalue weighted by Crippen LogP contribution is 2.26. The molecule has 1 amide bonds. The van der Waals surface area contributed by atoms with Crippen LogP contribution < -0.4 is 0 Å². The summed E-state index contributed by atoms with van der Waals surface area (Å²) in [5, 5.41) is 0.795. The third-order valence-electron chi connectivity index (χ3n) is 5.26. The van der Waals surface area contributed by atoms with Crippen molar-refractivity contribution in [1.82, 2.24) is 19.8 Å². The minimum Gasteiger partial charge on any atom is -0.333 e. The molecule has 1 atom stereocenters. The van der Waals surface area contributed by atoms with Crippen molar-refractivity contribution in [1.29, 1.82) is 0 Å². The first-order valence-electron chi connectivity index (χ1n) is 9.40. The normalized spacial score (nSPS) is 17.9. The van der Waals surface area contributed by atoms with Gasteiger partial charge in [-0.3, -0.25) is 4.79 Å². The van der Waals surface area contributed by atoms with Gasteiger partial charge in [0.05, 0.1) is 6.04 Å². The van der Waals surface area contributed by atoms with Crippen LogP contribution in [-0.2, 0) is 11.2 Å². The monoisotopic (exact) mass is 384 g/mol. The fourth-order valence-corrected chi connectivity index (χ4v) is 4.17. The molecule has 0 N–H and O–H groups in total. The Kier molecular flexibility index (Phi) is 6.50. The molecule has 3 rings (SSSR count). The zero-order valence-corrected chi connectivity index (χ0v) is 17.4. The molecule has 0 bridgehead atoms. The van der Waals surface area contributed by atoms with Crippen LogP contribution in [0.2, 0.25) is 0 Å². The maximum absolute atomic E-state index is 13.1. The quantitative estimate of drug-likeness (QED) is 0.585. The third-order valence-corrected chi connectivity index (χ3v) is 5.81.